The highest BCUT2D eigenvalue weighted by Gasteiger charge is 2.53. The van der Waals surface area contributed by atoms with Crippen molar-refractivity contribution in [2.75, 3.05) is 13.1 Å². The van der Waals surface area contributed by atoms with E-state index in [1.165, 1.54) is 11.3 Å². The molecule has 2 N–H and O–H groups in total. The van der Waals surface area contributed by atoms with E-state index in [2.05, 4.69) is 17.1 Å². The molecule has 9 nitrogen and oxygen atoms in total. The van der Waals surface area contributed by atoms with Gasteiger partial charge in [-0.2, -0.15) is 5.48 Å². The van der Waals surface area contributed by atoms with Crippen LogP contribution >= 0.6 is 0 Å². The van der Waals surface area contributed by atoms with Gasteiger partial charge in [-0.25, -0.2) is 17.9 Å². The van der Waals surface area contributed by atoms with E-state index in [-0.39, 0.29) is 54.0 Å². The third kappa shape index (κ3) is 4.56. The summed E-state index contributed by atoms with van der Waals surface area (Å²) >= 11 is 0. The maximum Gasteiger partial charge on any atom is 0.327 e. The second-order valence-corrected chi connectivity index (χ2v) is 13.8. The van der Waals surface area contributed by atoms with Crippen LogP contribution in [0.1, 0.15) is 78.6 Å². The Hall–Kier alpha value is -1.23. The van der Waals surface area contributed by atoms with Crippen molar-refractivity contribution in [2.45, 2.75) is 108 Å². The van der Waals surface area contributed by atoms with Crippen LogP contribution in [-0.2, 0) is 19.7 Å². The van der Waals surface area contributed by atoms with E-state index in [0.717, 1.165) is 32.1 Å². The molecular weight excluding hydrogens is 444 g/mol. The predicted octanol–water partition coefficient (Wildman–Crippen LogP) is 2.13. The van der Waals surface area contributed by atoms with Crippen LogP contribution in [0.25, 0.3) is 0 Å². The second-order valence-electron chi connectivity index (χ2n) is 11.8. The number of hydrogen-bond donors (Lipinski definition) is 2. The summed E-state index contributed by atoms with van der Waals surface area (Å²) in [7, 11) is -3.52. The van der Waals surface area contributed by atoms with Crippen LogP contribution in [-0.4, -0.2) is 72.2 Å². The van der Waals surface area contributed by atoms with Crippen LogP contribution in [0.4, 0.5) is 4.79 Å². The van der Waals surface area contributed by atoms with Crippen molar-refractivity contribution in [3.05, 3.63) is 0 Å². The molecule has 5 aliphatic rings. The summed E-state index contributed by atoms with van der Waals surface area (Å²) < 4.78 is 29.1. The topological polar surface area (TPSA) is 108 Å². The number of urea groups is 1. The Balaban J connectivity index is 1.37. The Morgan fingerprint density at radius 3 is 2.42 bits per heavy atom. The molecular formula is C23H38N4O5S. The van der Waals surface area contributed by atoms with E-state index in [1.807, 2.05) is 18.7 Å². The highest BCUT2D eigenvalue weighted by Crippen LogP contribution is 2.45. The molecule has 0 spiro atoms. The predicted molar refractivity (Wildman–Crippen MR) is 122 cm³/mol. The number of sulfonamides is 1. The zero-order valence-electron chi connectivity index (χ0n) is 20.0. The Bertz CT molecular complexity index is 916. The first-order valence-electron chi connectivity index (χ1n) is 12.5. The fraction of sp³-hybridized carbons (Fsp3) is 0.913. The molecule has 5 atom stereocenters. The minimum absolute atomic E-state index is 0.0806. The van der Waals surface area contributed by atoms with Crippen molar-refractivity contribution in [2.24, 2.45) is 11.3 Å². The molecule has 33 heavy (non-hydrogen) atoms. The van der Waals surface area contributed by atoms with E-state index in [1.54, 1.807) is 0 Å². The highest BCUT2D eigenvalue weighted by molar-refractivity contribution is 7.90. The van der Waals surface area contributed by atoms with Gasteiger partial charge < -0.3 is 4.90 Å². The van der Waals surface area contributed by atoms with Crippen molar-refractivity contribution in [3.63, 3.8) is 0 Å². The normalized spacial score (nSPS) is 37.6. The van der Waals surface area contributed by atoms with Crippen LogP contribution in [0.2, 0.25) is 0 Å². The summed E-state index contributed by atoms with van der Waals surface area (Å²) in [5, 5.41) is -0.597. The third-order valence-electron chi connectivity index (χ3n) is 8.60. The second kappa shape index (κ2) is 8.17. The lowest BCUT2D eigenvalue weighted by atomic mass is 9.69. The van der Waals surface area contributed by atoms with Crippen LogP contribution in [0.5, 0.6) is 0 Å². The number of carbonyl (C=O) groups excluding carboxylic acids is 2. The van der Waals surface area contributed by atoms with Gasteiger partial charge in [0.2, 0.25) is 15.9 Å². The first-order valence-corrected chi connectivity index (χ1v) is 14.1. The molecule has 0 aromatic carbocycles. The minimum atomic E-state index is -3.52. The SMILES string of the molecule is CC1CC(CN2C(=O)C3CC(S(=O)(=O)NC4(C)CC4)CCC3N(CC3(C)CCC3)C2=O)ON1. The number of rotatable bonds is 7. The van der Waals surface area contributed by atoms with E-state index < -0.39 is 21.2 Å². The number of nitrogens with one attached hydrogen (secondary N) is 2. The molecule has 0 radical (unpaired) electrons. The maximum absolute atomic E-state index is 13.6. The zero-order chi connectivity index (χ0) is 23.6. The molecule has 2 saturated heterocycles. The largest absolute Gasteiger partial charge is 0.327 e. The molecule has 10 heteroatoms. The lowest BCUT2D eigenvalue weighted by Gasteiger charge is -2.52. The van der Waals surface area contributed by atoms with Crippen molar-refractivity contribution in [1.29, 1.82) is 0 Å². The molecule has 5 fully saturated rings. The van der Waals surface area contributed by atoms with Crippen molar-refractivity contribution >= 4 is 22.0 Å². The summed E-state index contributed by atoms with van der Waals surface area (Å²) in [6.07, 6.45) is 6.81. The molecule has 0 aromatic heterocycles. The van der Waals surface area contributed by atoms with Crippen LogP contribution in [0.3, 0.4) is 0 Å². The molecule has 2 aliphatic heterocycles. The monoisotopic (exact) mass is 482 g/mol. The standard InChI is InChI=1S/C23H38N4O5S/c1-15-11-16(32-24-15)13-26-20(28)18-12-17(33(30,31)25-23(3)9-10-23)5-6-19(18)27(21(26)29)14-22(2)7-4-8-22/h15-19,24-25H,4-14H2,1-3H3. The summed E-state index contributed by atoms with van der Waals surface area (Å²) in [5.74, 6) is -0.721. The van der Waals surface area contributed by atoms with E-state index in [4.69, 9.17) is 4.84 Å². The Labute approximate surface area is 197 Å². The van der Waals surface area contributed by atoms with Crippen molar-refractivity contribution < 1.29 is 22.8 Å². The molecule has 0 bridgehead atoms. The van der Waals surface area contributed by atoms with Gasteiger partial charge in [0.25, 0.3) is 0 Å². The fourth-order valence-electron chi connectivity index (χ4n) is 6.06. The summed E-state index contributed by atoms with van der Waals surface area (Å²) in [5.41, 5.74) is 2.67. The number of imide groups is 1. The van der Waals surface area contributed by atoms with Gasteiger partial charge in [0.15, 0.2) is 0 Å². The quantitative estimate of drug-likeness (QED) is 0.576. The number of hydrogen-bond acceptors (Lipinski definition) is 6. The number of amides is 3. The minimum Gasteiger partial charge on any atom is -0.320 e. The fourth-order valence-corrected chi connectivity index (χ4v) is 8.03. The van der Waals surface area contributed by atoms with Gasteiger partial charge in [-0.3, -0.25) is 14.5 Å². The van der Waals surface area contributed by atoms with Gasteiger partial charge in [-0.15, -0.1) is 0 Å². The summed E-state index contributed by atoms with van der Waals surface area (Å²) in [4.78, 5) is 36.0. The molecule has 186 valence electrons. The number of nitrogens with zero attached hydrogens (tertiary/aromatic N) is 2. The maximum atomic E-state index is 13.6. The van der Waals surface area contributed by atoms with E-state index in [0.29, 0.717) is 19.4 Å². The summed E-state index contributed by atoms with van der Waals surface area (Å²) in [6, 6.07) is -0.285. The molecule has 3 amide bonds. The molecule has 5 unspecified atom stereocenters. The smallest absolute Gasteiger partial charge is 0.320 e. The van der Waals surface area contributed by atoms with Crippen molar-refractivity contribution in [3.8, 4) is 0 Å². The van der Waals surface area contributed by atoms with Gasteiger partial charge >= 0.3 is 6.03 Å². The molecule has 3 aliphatic carbocycles. The van der Waals surface area contributed by atoms with Crippen LogP contribution < -0.4 is 10.2 Å². The van der Waals surface area contributed by atoms with E-state index >= 15 is 0 Å². The zero-order valence-corrected chi connectivity index (χ0v) is 20.8. The molecule has 0 aromatic rings. The van der Waals surface area contributed by atoms with Crippen molar-refractivity contribution in [1.82, 2.24) is 20.0 Å². The lowest BCUT2D eigenvalue weighted by molar-refractivity contribution is -0.143. The van der Waals surface area contributed by atoms with Gasteiger partial charge in [-0.1, -0.05) is 13.3 Å². The van der Waals surface area contributed by atoms with E-state index in [9.17, 15) is 18.0 Å². The molecule has 3 saturated carbocycles. The Morgan fingerprint density at radius 2 is 1.85 bits per heavy atom. The summed E-state index contributed by atoms with van der Waals surface area (Å²) in [6.45, 7) is 6.98. The van der Waals surface area contributed by atoms with Crippen LogP contribution in [0.15, 0.2) is 0 Å². The Morgan fingerprint density at radius 1 is 1.12 bits per heavy atom. The third-order valence-corrected chi connectivity index (χ3v) is 10.7. The first-order chi connectivity index (χ1) is 15.5. The average Bonchev–Trinajstić information content (AvgIpc) is 3.30. The van der Waals surface area contributed by atoms with Gasteiger partial charge in [-0.05, 0) is 70.6 Å². The van der Waals surface area contributed by atoms with Gasteiger partial charge in [0, 0.05) is 24.2 Å². The van der Waals surface area contributed by atoms with Gasteiger partial charge in [0.1, 0.15) is 0 Å². The molecule has 5 rings (SSSR count). The Kier molecular flexibility index (Phi) is 5.82. The van der Waals surface area contributed by atoms with Crippen LogP contribution in [0, 0.1) is 11.3 Å². The molecule has 2 heterocycles. The number of carbonyl (C=O) groups is 2. The van der Waals surface area contributed by atoms with Gasteiger partial charge in [0.05, 0.1) is 23.8 Å². The highest BCUT2D eigenvalue weighted by atomic mass is 32.2. The average molecular weight is 483 g/mol. The first kappa shape index (κ1) is 23.5. The lowest BCUT2D eigenvalue weighted by Crippen LogP contribution is -2.66. The number of fused-ring (bicyclic) bond motifs is 1. The number of hydroxylamine groups is 1.